The van der Waals surface area contributed by atoms with Gasteiger partial charge in [-0.3, -0.25) is 15.0 Å². The van der Waals surface area contributed by atoms with Crippen LogP contribution in [0, 0.1) is 20.9 Å². The normalized spacial score (nSPS) is 16.9. The summed E-state index contributed by atoms with van der Waals surface area (Å²) in [6.07, 6.45) is 1.10. The molecule has 2 rings (SSSR count). The van der Waals surface area contributed by atoms with Crippen LogP contribution in [0.25, 0.3) is 0 Å². The largest absolute Gasteiger partial charge is 0.369 e. The van der Waals surface area contributed by atoms with Gasteiger partial charge in [-0.05, 0) is 29.9 Å². The Bertz CT molecular complexity index is 593. The van der Waals surface area contributed by atoms with Gasteiger partial charge in [-0.2, -0.15) is 0 Å². The molecule has 25 heavy (non-hydrogen) atoms. The summed E-state index contributed by atoms with van der Waals surface area (Å²) in [4.78, 5) is 15.4. The summed E-state index contributed by atoms with van der Waals surface area (Å²) < 4.78 is 0. The Labute approximate surface area is 151 Å². The van der Waals surface area contributed by atoms with Gasteiger partial charge in [0, 0.05) is 50.5 Å². The van der Waals surface area contributed by atoms with Gasteiger partial charge in [-0.1, -0.05) is 33.8 Å². The summed E-state index contributed by atoms with van der Waals surface area (Å²) in [6.45, 7) is 14.6. The predicted octanol–water partition coefficient (Wildman–Crippen LogP) is 3.12. The van der Waals surface area contributed by atoms with Crippen molar-refractivity contribution in [1.29, 1.82) is 0 Å². The lowest BCUT2D eigenvalue weighted by Crippen LogP contribution is -2.49. The first-order valence-corrected chi connectivity index (χ1v) is 9.04. The van der Waals surface area contributed by atoms with Crippen molar-refractivity contribution in [2.24, 2.45) is 16.6 Å². The summed E-state index contributed by atoms with van der Waals surface area (Å²) in [5.41, 5.74) is 7.37. The fourth-order valence-corrected chi connectivity index (χ4v) is 4.00. The van der Waals surface area contributed by atoms with Gasteiger partial charge in [-0.15, -0.1) is 0 Å². The molecule has 1 aromatic rings. The van der Waals surface area contributed by atoms with Crippen molar-refractivity contribution in [2.75, 3.05) is 44.2 Å². The van der Waals surface area contributed by atoms with E-state index in [0.717, 1.165) is 44.8 Å². The number of nitrogens with zero attached hydrogens (tertiary/aromatic N) is 3. The predicted molar refractivity (Wildman–Crippen MR) is 103 cm³/mol. The summed E-state index contributed by atoms with van der Waals surface area (Å²) in [6, 6.07) is 6.93. The number of anilines is 1. The molecule has 6 heteroatoms. The highest BCUT2D eigenvalue weighted by Gasteiger charge is 2.30. The average Bonchev–Trinajstić information content (AvgIpc) is 2.54. The van der Waals surface area contributed by atoms with Gasteiger partial charge in [0.2, 0.25) is 0 Å². The van der Waals surface area contributed by atoms with Crippen LogP contribution in [0.15, 0.2) is 24.3 Å². The molecule has 2 N–H and O–H groups in total. The number of nitro groups is 1. The Morgan fingerprint density at radius 1 is 1.12 bits per heavy atom. The van der Waals surface area contributed by atoms with Crippen LogP contribution in [-0.4, -0.2) is 49.1 Å². The van der Waals surface area contributed by atoms with E-state index in [9.17, 15) is 10.1 Å². The molecule has 1 aromatic carbocycles. The minimum atomic E-state index is -0.332. The molecule has 0 aliphatic carbocycles. The second-order valence-electron chi connectivity index (χ2n) is 8.75. The van der Waals surface area contributed by atoms with Crippen molar-refractivity contribution in [3.05, 3.63) is 34.4 Å². The second-order valence-corrected chi connectivity index (χ2v) is 8.75. The second kappa shape index (κ2) is 7.70. The van der Waals surface area contributed by atoms with Crippen molar-refractivity contribution in [2.45, 2.75) is 34.1 Å². The van der Waals surface area contributed by atoms with Crippen LogP contribution >= 0.6 is 0 Å². The summed E-state index contributed by atoms with van der Waals surface area (Å²) >= 11 is 0. The molecule has 1 aliphatic rings. The number of non-ortho nitro benzene ring substituents is 1. The quantitative estimate of drug-likeness (QED) is 0.605. The van der Waals surface area contributed by atoms with Crippen molar-refractivity contribution in [3.63, 3.8) is 0 Å². The van der Waals surface area contributed by atoms with Crippen LogP contribution in [0.1, 0.15) is 34.1 Å². The van der Waals surface area contributed by atoms with Gasteiger partial charge in [-0.25, -0.2) is 0 Å². The number of benzene rings is 1. The fourth-order valence-electron chi connectivity index (χ4n) is 4.00. The Morgan fingerprint density at radius 3 is 2.32 bits per heavy atom. The Kier molecular flexibility index (Phi) is 6.06. The zero-order chi connectivity index (χ0) is 18.7. The number of hydrogen-bond donors (Lipinski definition) is 1. The molecular formula is C19H32N4O2. The molecule has 1 saturated heterocycles. The maximum Gasteiger partial charge on any atom is 0.271 e. The number of hydrogen-bond acceptors (Lipinski definition) is 5. The third-order valence-corrected chi connectivity index (χ3v) is 4.94. The van der Waals surface area contributed by atoms with Gasteiger partial charge in [0.25, 0.3) is 5.69 Å². The minimum Gasteiger partial charge on any atom is -0.369 e. The molecule has 0 aromatic heterocycles. The van der Waals surface area contributed by atoms with E-state index in [4.69, 9.17) is 5.73 Å². The molecule has 0 saturated carbocycles. The van der Waals surface area contributed by atoms with E-state index in [0.29, 0.717) is 6.54 Å². The van der Waals surface area contributed by atoms with Crippen LogP contribution in [0.5, 0.6) is 0 Å². The average molecular weight is 348 g/mol. The molecule has 140 valence electrons. The molecule has 0 unspecified atom stereocenters. The lowest BCUT2D eigenvalue weighted by Gasteiger charge is -2.42. The van der Waals surface area contributed by atoms with Gasteiger partial charge in [0.15, 0.2) is 0 Å². The van der Waals surface area contributed by atoms with E-state index in [2.05, 4.69) is 37.5 Å². The Balaban J connectivity index is 1.91. The smallest absolute Gasteiger partial charge is 0.271 e. The first kappa shape index (κ1) is 19.7. The molecule has 0 spiro atoms. The summed E-state index contributed by atoms with van der Waals surface area (Å²) in [5, 5.41) is 11.0. The van der Waals surface area contributed by atoms with Crippen molar-refractivity contribution < 1.29 is 4.92 Å². The molecule has 1 fully saturated rings. The maximum atomic E-state index is 11.0. The van der Waals surface area contributed by atoms with Crippen LogP contribution < -0.4 is 10.6 Å². The number of nitrogens with two attached hydrogens (primary N) is 1. The molecule has 0 amide bonds. The molecule has 1 heterocycles. The van der Waals surface area contributed by atoms with Crippen LogP contribution in [0.2, 0.25) is 0 Å². The summed E-state index contributed by atoms with van der Waals surface area (Å²) in [7, 11) is 0. The number of piperazine rings is 1. The number of nitro benzene ring substituents is 1. The third kappa shape index (κ3) is 5.68. The molecule has 0 bridgehead atoms. The molecule has 0 radical (unpaired) electrons. The highest BCUT2D eigenvalue weighted by Crippen LogP contribution is 2.34. The highest BCUT2D eigenvalue weighted by atomic mass is 16.6. The molecule has 0 atom stereocenters. The van der Waals surface area contributed by atoms with Crippen molar-refractivity contribution >= 4 is 11.4 Å². The molecule has 1 aliphatic heterocycles. The van der Waals surface area contributed by atoms with E-state index >= 15 is 0 Å². The number of rotatable bonds is 7. The Hall–Kier alpha value is -1.66. The monoisotopic (exact) mass is 348 g/mol. The SMILES string of the molecule is CC(C)(CN)CC(C)(C)CN1CCN(c2cccc([N+](=O)[O-])c2)CC1. The van der Waals surface area contributed by atoms with E-state index in [1.54, 1.807) is 18.2 Å². The maximum absolute atomic E-state index is 11.0. The van der Waals surface area contributed by atoms with Crippen LogP contribution in [-0.2, 0) is 0 Å². The third-order valence-electron chi connectivity index (χ3n) is 4.94. The minimum absolute atomic E-state index is 0.157. The van der Waals surface area contributed by atoms with E-state index < -0.39 is 0 Å². The van der Waals surface area contributed by atoms with E-state index in [1.807, 2.05) is 6.07 Å². The van der Waals surface area contributed by atoms with E-state index in [1.165, 1.54) is 0 Å². The van der Waals surface area contributed by atoms with Crippen LogP contribution in [0.4, 0.5) is 11.4 Å². The first-order valence-electron chi connectivity index (χ1n) is 9.04. The zero-order valence-electron chi connectivity index (χ0n) is 16.0. The Morgan fingerprint density at radius 2 is 1.76 bits per heavy atom. The lowest BCUT2D eigenvalue weighted by molar-refractivity contribution is -0.384. The van der Waals surface area contributed by atoms with Gasteiger partial charge < -0.3 is 10.6 Å². The van der Waals surface area contributed by atoms with Crippen molar-refractivity contribution in [1.82, 2.24) is 4.90 Å². The zero-order valence-corrected chi connectivity index (χ0v) is 16.0. The fraction of sp³-hybridized carbons (Fsp3) is 0.684. The molecule has 6 nitrogen and oxygen atoms in total. The lowest BCUT2D eigenvalue weighted by atomic mass is 9.75. The standard InChI is InChI=1S/C19H32N4O2/c1-18(2,14-20)13-19(3,4)15-21-8-10-22(11-9-21)16-6-5-7-17(12-16)23(24)25/h5-7,12H,8-11,13-15,20H2,1-4H3. The van der Waals surface area contributed by atoms with Gasteiger partial charge in [0.1, 0.15) is 0 Å². The van der Waals surface area contributed by atoms with Crippen LogP contribution in [0.3, 0.4) is 0 Å². The molecular weight excluding hydrogens is 316 g/mol. The van der Waals surface area contributed by atoms with Gasteiger partial charge in [0.05, 0.1) is 4.92 Å². The first-order chi connectivity index (χ1) is 11.6. The van der Waals surface area contributed by atoms with Gasteiger partial charge >= 0.3 is 0 Å². The highest BCUT2D eigenvalue weighted by molar-refractivity contribution is 5.53. The topological polar surface area (TPSA) is 75.6 Å². The van der Waals surface area contributed by atoms with Crippen molar-refractivity contribution in [3.8, 4) is 0 Å². The van der Waals surface area contributed by atoms with E-state index in [-0.39, 0.29) is 21.4 Å². The summed E-state index contributed by atoms with van der Waals surface area (Å²) in [5.74, 6) is 0.